The zero-order valence-corrected chi connectivity index (χ0v) is 10.0. The Labute approximate surface area is 82.9 Å². The SMILES string of the molecule is CCC(O)[N+](C)(C)C.CCOCC. The second kappa shape index (κ2) is 8.48. The van der Waals surface area contributed by atoms with Gasteiger partial charge in [-0.05, 0) is 13.8 Å². The average Bonchev–Trinajstić information content (AvgIpc) is 2.04. The van der Waals surface area contributed by atoms with E-state index in [1.54, 1.807) is 0 Å². The van der Waals surface area contributed by atoms with E-state index >= 15 is 0 Å². The van der Waals surface area contributed by atoms with Gasteiger partial charge in [-0.3, -0.25) is 0 Å². The number of hydrogen-bond acceptors (Lipinski definition) is 2. The molecular weight excluding hydrogens is 166 g/mol. The highest BCUT2D eigenvalue weighted by Crippen LogP contribution is 2.01. The van der Waals surface area contributed by atoms with E-state index in [1.165, 1.54) is 0 Å². The van der Waals surface area contributed by atoms with Crippen LogP contribution in [0.15, 0.2) is 0 Å². The lowest BCUT2D eigenvalue weighted by atomic mass is 10.4. The molecule has 0 aliphatic heterocycles. The Bertz CT molecular complexity index is 97.6. The Balaban J connectivity index is 0. The number of rotatable bonds is 4. The molecule has 0 aromatic carbocycles. The van der Waals surface area contributed by atoms with Crippen LogP contribution in [0.25, 0.3) is 0 Å². The molecule has 0 aliphatic rings. The maximum atomic E-state index is 9.17. The Morgan fingerprint density at radius 1 is 1.08 bits per heavy atom. The third kappa shape index (κ3) is 11.9. The first-order valence-corrected chi connectivity index (χ1v) is 4.96. The summed E-state index contributed by atoms with van der Waals surface area (Å²) in [6, 6.07) is 0. The van der Waals surface area contributed by atoms with Gasteiger partial charge in [0, 0.05) is 19.6 Å². The fraction of sp³-hybridized carbons (Fsp3) is 1.00. The van der Waals surface area contributed by atoms with E-state index in [1.807, 2.05) is 41.9 Å². The molecule has 0 radical (unpaired) electrons. The molecule has 0 aliphatic carbocycles. The van der Waals surface area contributed by atoms with Crippen LogP contribution in [-0.2, 0) is 4.74 Å². The quantitative estimate of drug-likeness (QED) is 0.540. The minimum atomic E-state index is -0.213. The van der Waals surface area contributed by atoms with Crippen LogP contribution in [0.4, 0.5) is 0 Å². The van der Waals surface area contributed by atoms with Gasteiger partial charge in [-0.25, -0.2) is 0 Å². The molecule has 1 unspecified atom stereocenters. The first kappa shape index (κ1) is 15.4. The topological polar surface area (TPSA) is 29.5 Å². The van der Waals surface area contributed by atoms with Crippen molar-refractivity contribution in [3.63, 3.8) is 0 Å². The Kier molecular flexibility index (Phi) is 10.0. The third-order valence-corrected chi connectivity index (χ3v) is 1.67. The molecule has 3 nitrogen and oxygen atoms in total. The minimum Gasteiger partial charge on any atom is -0.382 e. The maximum absolute atomic E-state index is 9.17. The van der Waals surface area contributed by atoms with Crippen LogP contribution in [0.2, 0.25) is 0 Å². The molecule has 0 spiro atoms. The number of aliphatic hydroxyl groups excluding tert-OH is 1. The number of aliphatic hydroxyl groups is 1. The van der Waals surface area contributed by atoms with E-state index in [4.69, 9.17) is 9.84 Å². The summed E-state index contributed by atoms with van der Waals surface area (Å²) in [7, 11) is 5.94. The van der Waals surface area contributed by atoms with Crippen molar-refractivity contribution in [1.29, 1.82) is 0 Å². The van der Waals surface area contributed by atoms with Crippen LogP contribution in [0.3, 0.4) is 0 Å². The van der Waals surface area contributed by atoms with Crippen LogP contribution >= 0.6 is 0 Å². The molecule has 0 rings (SSSR count). The summed E-state index contributed by atoms with van der Waals surface area (Å²) in [4.78, 5) is 0. The largest absolute Gasteiger partial charge is 0.382 e. The molecule has 0 aromatic heterocycles. The van der Waals surface area contributed by atoms with E-state index in [2.05, 4.69) is 0 Å². The molecule has 0 saturated heterocycles. The van der Waals surface area contributed by atoms with E-state index in [-0.39, 0.29) is 6.23 Å². The normalized spacial score (nSPS) is 13.2. The smallest absolute Gasteiger partial charge is 0.189 e. The maximum Gasteiger partial charge on any atom is 0.189 e. The Morgan fingerprint density at radius 2 is 1.46 bits per heavy atom. The van der Waals surface area contributed by atoms with Crippen molar-refractivity contribution in [1.82, 2.24) is 0 Å². The Hall–Kier alpha value is -0.120. The summed E-state index contributed by atoms with van der Waals surface area (Å²) in [5.74, 6) is 0. The van der Waals surface area contributed by atoms with Gasteiger partial charge >= 0.3 is 0 Å². The van der Waals surface area contributed by atoms with Crippen molar-refractivity contribution in [2.45, 2.75) is 33.4 Å². The molecule has 3 heteroatoms. The van der Waals surface area contributed by atoms with Crippen LogP contribution in [0.5, 0.6) is 0 Å². The van der Waals surface area contributed by atoms with E-state index < -0.39 is 0 Å². The lowest BCUT2D eigenvalue weighted by Gasteiger charge is -2.28. The fourth-order valence-electron chi connectivity index (χ4n) is 0.752. The predicted molar refractivity (Wildman–Crippen MR) is 56.5 cm³/mol. The number of hydrogen-bond donors (Lipinski definition) is 1. The number of ether oxygens (including phenoxy) is 1. The van der Waals surface area contributed by atoms with E-state index in [0.29, 0.717) is 4.48 Å². The third-order valence-electron chi connectivity index (χ3n) is 1.67. The van der Waals surface area contributed by atoms with Crippen molar-refractivity contribution < 1.29 is 14.3 Å². The first-order chi connectivity index (χ1) is 5.90. The predicted octanol–water partition coefficient (Wildman–Crippen LogP) is 1.46. The fourth-order valence-corrected chi connectivity index (χ4v) is 0.752. The van der Waals surface area contributed by atoms with E-state index in [0.717, 1.165) is 19.6 Å². The summed E-state index contributed by atoms with van der Waals surface area (Å²) in [6.45, 7) is 7.65. The van der Waals surface area contributed by atoms with Crippen LogP contribution in [0.1, 0.15) is 27.2 Å². The van der Waals surface area contributed by atoms with Crippen LogP contribution < -0.4 is 0 Å². The summed E-state index contributed by atoms with van der Waals surface area (Å²) in [6.07, 6.45) is 0.610. The van der Waals surface area contributed by atoms with Gasteiger partial charge in [-0.2, -0.15) is 0 Å². The van der Waals surface area contributed by atoms with Crippen LogP contribution in [0, 0.1) is 0 Å². The molecular formula is C10H26NO2+. The molecule has 82 valence electrons. The highest BCUT2D eigenvalue weighted by molar-refractivity contribution is 4.30. The molecule has 0 amide bonds. The van der Waals surface area contributed by atoms with Crippen molar-refractivity contribution in [3.8, 4) is 0 Å². The van der Waals surface area contributed by atoms with Crippen molar-refractivity contribution >= 4 is 0 Å². The lowest BCUT2D eigenvalue weighted by Crippen LogP contribution is -2.44. The second-order valence-electron chi connectivity index (χ2n) is 3.79. The molecule has 0 heterocycles. The molecule has 0 bridgehead atoms. The van der Waals surface area contributed by atoms with Gasteiger partial charge in [0.15, 0.2) is 6.23 Å². The zero-order chi connectivity index (χ0) is 10.9. The zero-order valence-electron chi connectivity index (χ0n) is 10.0. The minimum absolute atomic E-state index is 0.213. The second-order valence-corrected chi connectivity index (χ2v) is 3.79. The van der Waals surface area contributed by atoms with Gasteiger partial charge in [0.1, 0.15) is 0 Å². The lowest BCUT2D eigenvalue weighted by molar-refractivity contribution is -0.918. The highest BCUT2D eigenvalue weighted by atomic mass is 16.5. The monoisotopic (exact) mass is 192 g/mol. The molecule has 13 heavy (non-hydrogen) atoms. The van der Waals surface area contributed by atoms with Gasteiger partial charge < -0.3 is 14.3 Å². The summed E-state index contributed by atoms with van der Waals surface area (Å²) >= 11 is 0. The van der Waals surface area contributed by atoms with Gasteiger partial charge in [0.05, 0.1) is 21.1 Å². The highest BCUT2D eigenvalue weighted by Gasteiger charge is 2.16. The van der Waals surface area contributed by atoms with Gasteiger partial charge in [0.25, 0.3) is 0 Å². The summed E-state index contributed by atoms with van der Waals surface area (Å²) in [5, 5.41) is 9.17. The van der Waals surface area contributed by atoms with Crippen LogP contribution in [-0.4, -0.2) is 50.2 Å². The molecule has 1 atom stereocenters. The van der Waals surface area contributed by atoms with Crippen molar-refractivity contribution in [3.05, 3.63) is 0 Å². The van der Waals surface area contributed by atoms with Gasteiger partial charge in [0.2, 0.25) is 0 Å². The standard InChI is InChI=1S/C6H16NO.C4H10O/c1-5-6(8)7(2,3)4;1-3-5-4-2/h6,8H,5H2,1-4H3;3-4H2,1-2H3/q+1;. The molecule has 0 fully saturated rings. The number of quaternary nitrogens is 1. The average molecular weight is 192 g/mol. The first-order valence-electron chi connectivity index (χ1n) is 4.96. The Morgan fingerprint density at radius 3 is 1.46 bits per heavy atom. The number of nitrogens with zero attached hydrogens (tertiary/aromatic N) is 1. The molecule has 0 saturated carbocycles. The molecule has 1 N–H and O–H groups in total. The van der Waals surface area contributed by atoms with E-state index in [9.17, 15) is 0 Å². The van der Waals surface area contributed by atoms with Crippen molar-refractivity contribution in [2.75, 3.05) is 34.4 Å². The summed E-state index contributed by atoms with van der Waals surface area (Å²) in [5.41, 5.74) is 0. The van der Waals surface area contributed by atoms with Crippen molar-refractivity contribution in [2.24, 2.45) is 0 Å². The van der Waals surface area contributed by atoms with Gasteiger partial charge in [-0.1, -0.05) is 6.92 Å². The molecule has 0 aromatic rings. The van der Waals surface area contributed by atoms with Gasteiger partial charge in [-0.15, -0.1) is 0 Å². The summed E-state index contributed by atoms with van der Waals surface area (Å²) < 4.78 is 5.47.